The normalized spacial score (nSPS) is 14.0. The van der Waals surface area contributed by atoms with Crippen LogP contribution in [0.15, 0.2) is 43.0 Å². The molecule has 0 N–H and O–H groups in total. The van der Waals surface area contributed by atoms with Gasteiger partial charge in [0.25, 0.3) is 0 Å². The minimum absolute atomic E-state index is 0.167. The summed E-state index contributed by atoms with van der Waals surface area (Å²) in [6, 6.07) is 13.7. The smallest absolute Gasteiger partial charge is 0.00990 e. The van der Waals surface area contributed by atoms with Crippen molar-refractivity contribution in [3.05, 3.63) is 65.2 Å². The van der Waals surface area contributed by atoms with Gasteiger partial charge < -0.3 is 0 Å². The van der Waals surface area contributed by atoms with E-state index in [0.29, 0.717) is 0 Å². The lowest BCUT2D eigenvalue weighted by molar-refractivity contribution is 0.590. The van der Waals surface area contributed by atoms with Gasteiger partial charge in [0.05, 0.1) is 0 Å². The maximum atomic E-state index is 4.38. The maximum Gasteiger partial charge on any atom is -0.00990 e. The summed E-state index contributed by atoms with van der Waals surface area (Å²) >= 11 is 0. The van der Waals surface area contributed by atoms with Gasteiger partial charge in [0.15, 0.2) is 0 Å². The Balaban J connectivity index is 2.16. The van der Waals surface area contributed by atoms with Crippen molar-refractivity contribution in [1.29, 1.82) is 0 Å². The fraction of sp³-hybridized carbons (Fsp3) is 0.364. The van der Waals surface area contributed by atoms with Crippen LogP contribution in [0.4, 0.5) is 0 Å². The third kappa shape index (κ3) is 2.31. The second-order valence-corrected chi connectivity index (χ2v) is 8.50. The van der Waals surface area contributed by atoms with Crippen LogP contribution in [0.25, 0.3) is 16.7 Å². The quantitative estimate of drug-likeness (QED) is 0.454. The van der Waals surface area contributed by atoms with Crippen LogP contribution < -0.4 is 0 Å². The minimum Gasteiger partial charge on any atom is -0.0905 e. The summed E-state index contributed by atoms with van der Waals surface area (Å²) < 4.78 is 0. The molecule has 0 bridgehead atoms. The van der Waals surface area contributed by atoms with E-state index in [0.717, 1.165) is 0 Å². The van der Waals surface area contributed by atoms with Crippen molar-refractivity contribution in [1.82, 2.24) is 0 Å². The Kier molecular flexibility index (Phi) is 3.15. The summed E-state index contributed by atoms with van der Waals surface area (Å²) in [5.74, 6) is 0. The van der Waals surface area contributed by atoms with Gasteiger partial charge in [-0.3, -0.25) is 0 Å². The van der Waals surface area contributed by atoms with E-state index in [2.05, 4.69) is 84.5 Å². The second kappa shape index (κ2) is 4.59. The highest BCUT2D eigenvalue weighted by Gasteiger charge is 2.26. The average Bonchev–Trinajstić information content (AvgIpc) is 2.70. The predicted octanol–water partition coefficient (Wildman–Crippen LogP) is 6.32. The molecule has 2 aromatic carbocycles. The highest BCUT2D eigenvalue weighted by atomic mass is 14.3. The van der Waals surface area contributed by atoms with Gasteiger partial charge in [0.1, 0.15) is 0 Å². The van der Waals surface area contributed by atoms with Gasteiger partial charge >= 0.3 is 0 Å². The van der Waals surface area contributed by atoms with Crippen molar-refractivity contribution in [3.63, 3.8) is 0 Å². The van der Waals surface area contributed by atoms with Gasteiger partial charge in [-0.25, -0.2) is 0 Å². The molecule has 0 saturated heterocycles. The molecule has 1 aliphatic carbocycles. The molecule has 22 heavy (non-hydrogen) atoms. The van der Waals surface area contributed by atoms with E-state index >= 15 is 0 Å². The van der Waals surface area contributed by atoms with E-state index < -0.39 is 0 Å². The second-order valence-electron chi connectivity index (χ2n) is 8.50. The molecule has 0 aromatic heterocycles. The number of hydrogen-bond acceptors (Lipinski definition) is 0. The standard InChI is InChI=1S/C22H26/c1-14-19-12-15(21(2,3)4)8-10-17(19)18-11-9-16(13-20(14)18)22(5,6)7/h8-13H,1H2,2-7H3. The molecule has 0 heteroatoms. The molecule has 0 fully saturated rings. The lowest BCUT2D eigenvalue weighted by Crippen LogP contribution is -2.11. The van der Waals surface area contributed by atoms with Crippen LogP contribution in [0.2, 0.25) is 0 Å². The third-order valence-electron chi connectivity index (χ3n) is 4.71. The van der Waals surface area contributed by atoms with Crippen molar-refractivity contribution in [2.75, 3.05) is 0 Å². The van der Waals surface area contributed by atoms with Crippen LogP contribution in [-0.2, 0) is 10.8 Å². The van der Waals surface area contributed by atoms with Crippen molar-refractivity contribution >= 4 is 5.57 Å². The molecule has 0 saturated carbocycles. The fourth-order valence-electron chi connectivity index (χ4n) is 3.14. The molecule has 0 unspecified atom stereocenters. The first kappa shape index (κ1) is 15.1. The van der Waals surface area contributed by atoms with Gasteiger partial charge in [0, 0.05) is 0 Å². The Hall–Kier alpha value is -1.82. The van der Waals surface area contributed by atoms with Crippen molar-refractivity contribution in [2.24, 2.45) is 0 Å². The molecule has 0 atom stereocenters. The van der Waals surface area contributed by atoms with Gasteiger partial charge in [-0.1, -0.05) is 84.5 Å². The van der Waals surface area contributed by atoms with E-state index in [1.165, 1.54) is 39.0 Å². The topological polar surface area (TPSA) is 0 Å². The van der Waals surface area contributed by atoms with Crippen molar-refractivity contribution < 1.29 is 0 Å². The highest BCUT2D eigenvalue weighted by molar-refractivity contribution is 6.00. The monoisotopic (exact) mass is 290 g/mol. The molecule has 0 amide bonds. The zero-order valence-electron chi connectivity index (χ0n) is 14.7. The van der Waals surface area contributed by atoms with E-state index in [1.807, 2.05) is 0 Å². The van der Waals surface area contributed by atoms with Crippen LogP contribution in [0.3, 0.4) is 0 Å². The highest BCUT2D eigenvalue weighted by Crippen LogP contribution is 2.45. The summed E-state index contributed by atoms with van der Waals surface area (Å²) in [4.78, 5) is 0. The van der Waals surface area contributed by atoms with Gasteiger partial charge in [-0.2, -0.15) is 0 Å². The summed E-state index contributed by atoms with van der Waals surface area (Å²) in [6.07, 6.45) is 0. The Morgan fingerprint density at radius 3 is 1.27 bits per heavy atom. The number of hydrogen-bond donors (Lipinski definition) is 0. The van der Waals surface area contributed by atoms with E-state index in [-0.39, 0.29) is 10.8 Å². The van der Waals surface area contributed by atoms with Crippen LogP contribution >= 0.6 is 0 Å². The van der Waals surface area contributed by atoms with Crippen LogP contribution in [-0.4, -0.2) is 0 Å². The zero-order valence-corrected chi connectivity index (χ0v) is 14.7. The first-order chi connectivity index (χ1) is 10.1. The van der Waals surface area contributed by atoms with Crippen molar-refractivity contribution in [3.8, 4) is 11.1 Å². The van der Waals surface area contributed by atoms with Gasteiger partial charge in [-0.15, -0.1) is 0 Å². The predicted molar refractivity (Wildman–Crippen MR) is 97.4 cm³/mol. The summed E-state index contributed by atoms with van der Waals surface area (Å²) in [5.41, 5.74) is 9.50. The minimum atomic E-state index is 0.167. The SMILES string of the molecule is C=C1c2cc(C(C)(C)C)ccc2-c2ccc(C(C)(C)C)cc21. The van der Waals surface area contributed by atoms with Crippen LogP contribution in [0.5, 0.6) is 0 Å². The molecule has 0 spiro atoms. The van der Waals surface area contributed by atoms with E-state index in [4.69, 9.17) is 0 Å². The number of fused-ring (bicyclic) bond motifs is 3. The molecule has 0 radical (unpaired) electrons. The zero-order chi connectivity index (χ0) is 16.3. The molecular formula is C22H26. The number of rotatable bonds is 0. The lowest BCUT2D eigenvalue weighted by Gasteiger charge is -2.20. The first-order valence-electron chi connectivity index (χ1n) is 8.08. The van der Waals surface area contributed by atoms with Crippen LogP contribution in [0.1, 0.15) is 63.8 Å². The molecular weight excluding hydrogens is 264 g/mol. The van der Waals surface area contributed by atoms with Gasteiger partial charge in [-0.05, 0) is 49.8 Å². The molecule has 1 aliphatic rings. The summed E-state index contributed by atoms with van der Waals surface area (Å²) in [7, 11) is 0. The maximum absolute atomic E-state index is 4.38. The molecule has 0 nitrogen and oxygen atoms in total. The lowest BCUT2D eigenvalue weighted by atomic mass is 9.85. The molecule has 0 aliphatic heterocycles. The third-order valence-corrected chi connectivity index (χ3v) is 4.71. The Labute approximate surface area is 134 Å². The molecule has 3 rings (SSSR count). The average molecular weight is 290 g/mol. The largest absolute Gasteiger partial charge is 0.0905 e. The van der Waals surface area contributed by atoms with Crippen molar-refractivity contribution in [2.45, 2.75) is 52.4 Å². The fourth-order valence-corrected chi connectivity index (χ4v) is 3.14. The summed E-state index contributed by atoms with van der Waals surface area (Å²) in [5, 5.41) is 0. The molecule has 0 heterocycles. The number of benzene rings is 2. The Morgan fingerprint density at radius 2 is 0.955 bits per heavy atom. The van der Waals surface area contributed by atoms with E-state index in [9.17, 15) is 0 Å². The first-order valence-corrected chi connectivity index (χ1v) is 8.08. The Morgan fingerprint density at radius 1 is 0.591 bits per heavy atom. The molecule has 114 valence electrons. The Bertz CT molecular complexity index is 696. The molecule has 2 aromatic rings. The summed E-state index contributed by atoms with van der Waals surface area (Å²) in [6.45, 7) is 18.0. The van der Waals surface area contributed by atoms with E-state index in [1.54, 1.807) is 0 Å². The van der Waals surface area contributed by atoms with Crippen LogP contribution in [0, 0.1) is 0 Å². The van der Waals surface area contributed by atoms with Gasteiger partial charge in [0.2, 0.25) is 0 Å².